The summed E-state index contributed by atoms with van der Waals surface area (Å²) in [7, 11) is 0. The molecule has 2 rings (SSSR count). The molecule has 0 amide bonds. The van der Waals surface area contributed by atoms with E-state index in [-0.39, 0.29) is 12.1 Å². The second-order valence-corrected chi connectivity index (χ2v) is 4.45. The van der Waals surface area contributed by atoms with Crippen molar-refractivity contribution in [2.75, 3.05) is 19.7 Å². The molecular formula is C13H19NO. The number of hydrogen-bond acceptors (Lipinski definition) is 2. The van der Waals surface area contributed by atoms with Crippen LogP contribution < -0.4 is 0 Å². The SMILES string of the molecule is CC1(c2ccccc2)CCCN1CCO. The van der Waals surface area contributed by atoms with Gasteiger partial charge in [-0.25, -0.2) is 0 Å². The summed E-state index contributed by atoms with van der Waals surface area (Å²) in [5.41, 5.74) is 1.50. The molecule has 1 atom stereocenters. The van der Waals surface area contributed by atoms with Crippen molar-refractivity contribution in [1.82, 2.24) is 4.90 Å². The van der Waals surface area contributed by atoms with Crippen molar-refractivity contribution in [2.45, 2.75) is 25.3 Å². The third-order valence-electron chi connectivity index (χ3n) is 3.56. The van der Waals surface area contributed by atoms with E-state index in [9.17, 15) is 0 Å². The molecule has 1 aromatic carbocycles. The molecule has 0 aliphatic carbocycles. The minimum Gasteiger partial charge on any atom is -0.395 e. The molecule has 1 N–H and O–H groups in total. The zero-order chi connectivity index (χ0) is 10.7. The van der Waals surface area contributed by atoms with Crippen molar-refractivity contribution >= 4 is 0 Å². The van der Waals surface area contributed by atoms with Crippen molar-refractivity contribution < 1.29 is 5.11 Å². The van der Waals surface area contributed by atoms with Gasteiger partial charge in [0.2, 0.25) is 0 Å². The lowest BCUT2D eigenvalue weighted by Crippen LogP contribution is -2.40. The van der Waals surface area contributed by atoms with Crippen molar-refractivity contribution in [2.24, 2.45) is 0 Å². The fourth-order valence-corrected chi connectivity index (χ4v) is 2.62. The molecule has 1 aliphatic heterocycles. The van der Waals surface area contributed by atoms with Crippen LogP contribution in [0, 0.1) is 0 Å². The van der Waals surface area contributed by atoms with Crippen LogP contribution in [0.3, 0.4) is 0 Å². The molecule has 0 saturated carbocycles. The molecule has 1 saturated heterocycles. The van der Waals surface area contributed by atoms with Crippen LogP contribution in [0.25, 0.3) is 0 Å². The van der Waals surface area contributed by atoms with Crippen LogP contribution in [-0.2, 0) is 5.54 Å². The molecule has 1 aliphatic rings. The zero-order valence-electron chi connectivity index (χ0n) is 9.32. The maximum atomic E-state index is 9.06. The van der Waals surface area contributed by atoms with E-state index >= 15 is 0 Å². The van der Waals surface area contributed by atoms with Gasteiger partial charge < -0.3 is 5.11 Å². The Bertz CT molecular complexity index is 312. The van der Waals surface area contributed by atoms with E-state index in [1.54, 1.807) is 0 Å². The summed E-state index contributed by atoms with van der Waals surface area (Å²) >= 11 is 0. The molecule has 1 heterocycles. The van der Waals surface area contributed by atoms with Crippen molar-refractivity contribution in [3.05, 3.63) is 35.9 Å². The highest BCUT2D eigenvalue weighted by Crippen LogP contribution is 2.37. The van der Waals surface area contributed by atoms with Crippen LogP contribution in [0.15, 0.2) is 30.3 Å². The summed E-state index contributed by atoms with van der Waals surface area (Å²) < 4.78 is 0. The molecule has 0 bridgehead atoms. The van der Waals surface area contributed by atoms with E-state index in [2.05, 4.69) is 42.2 Å². The highest BCUT2D eigenvalue weighted by atomic mass is 16.3. The van der Waals surface area contributed by atoms with Crippen LogP contribution in [0.2, 0.25) is 0 Å². The first-order chi connectivity index (χ1) is 7.27. The van der Waals surface area contributed by atoms with E-state index in [1.165, 1.54) is 18.4 Å². The van der Waals surface area contributed by atoms with Gasteiger partial charge in [-0.1, -0.05) is 30.3 Å². The standard InChI is InChI=1S/C13H19NO/c1-13(12-6-3-2-4-7-12)8-5-9-14(13)10-11-15/h2-4,6-7,15H,5,8-11H2,1H3. The smallest absolute Gasteiger partial charge is 0.0558 e. The Morgan fingerprint density at radius 3 is 2.73 bits per heavy atom. The molecule has 0 radical (unpaired) electrons. The van der Waals surface area contributed by atoms with Crippen molar-refractivity contribution in [3.8, 4) is 0 Å². The van der Waals surface area contributed by atoms with Gasteiger partial charge in [-0.15, -0.1) is 0 Å². The molecule has 1 unspecified atom stereocenters. The summed E-state index contributed by atoms with van der Waals surface area (Å²) in [6.07, 6.45) is 2.42. The molecule has 82 valence electrons. The Balaban J connectivity index is 2.25. The Morgan fingerprint density at radius 1 is 1.33 bits per heavy atom. The van der Waals surface area contributed by atoms with Crippen LogP contribution >= 0.6 is 0 Å². The fourth-order valence-electron chi connectivity index (χ4n) is 2.62. The number of aliphatic hydroxyl groups excluding tert-OH is 1. The zero-order valence-corrected chi connectivity index (χ0v) is 9.32. The fraction of sp³-hybridized carbons (Fsp3) is 0.538. The Morgan fingerprint density at radius 2 is 2.07 bits per heavy atom. The molecule has 15 heavy (non-hydrogen) atoms. The Labute approximate surface area is 91.5 Å². The summed E-state index contributed by atoms with van der Waals surface area (Å²) in [4.78, 5) is 2.39. The lowest BCUT2D eigenvalue weighted by molar-refractivity contribution is 0.121. The molecule has 1 aromatic rings. The lowest BCUT2D eigenvalue weighted by Gasteiger charge is -2.35. The van der Waals surface area contributed by atoms with Crippen LogP contribution in [0.4, 0.5) is 0 Å². The number of rotatable bonds is 3. The monoisotopic (exact) mass is 205 g/mol. The van der Waals surface area contributed by atoms with Crippen LogP contribution in [0.1, 0.15) is 25.3 Å². The maximum absolute atomic E-state index is 9.06. The predicted octanol–water partition coefficient (Wildman–Crippen LogP) is 1.99. The van der Waals surface area contributed by atoms with Crippen LogP contribution in [0.5, 0.6) is 0 Å². The molecule has 0 spiro atoms. The van der Waals surface area contributed by atoms with Crippen LogP contribution in [-0.4, -0.2) is 29.7 Å². The third-order valence-corrected chi connectivity index (χ3v) is 3.56. The summed E-state index contributed by atoms with van der Waals surface area (Å²) in [6, 6.07) is 10.6. The first kappa shape index (κ1) is 10.7. The van der Waals surface area contributed by atoms with Gasteiger partial charge in [0.05, 0.1) is 6.61 Å². The summed E-state index contributed by atoms with van der Waals surface area (Å²) in [5, 5.41) is 9.06. The Kier molecular flexibility index (Phi) is 3.08. The second kappa shape index (κ2) is 4.33. The van der Waals surface area contributed by atoms with E-state index in [0.29, 0.717) is 0 Å². The first-order valence-electron chi connectivity index (χ1n) is 5.69. The minimum atomic E-state index is 0.129. The second-order valence-electron chi connectivity index (χ2n) is 4.45. The minimum absolute atomic E-state index is 0.129. The van der Waals surface area contributed by atoms with Gasteiger partial charge in [-0.3, -0.25) is 4.90 Å². The third kappa shape index (κ3) is 1.92. The number of aliphatic hydroxyl groups is 1. The molecule has 0 aromatic heterocycles. The highest BCUT2D eigenvalue weighted by molar-refractivity contribution is 5.24. The topological polar surface area (TPSA) is 23.5 Å². The van der Waals surface area contributed by atoms with Gasteiger partial charge in [-0.2, -0.15) is 0 Å². The lowest BCUT2D eigenvalue weighted by atomic mass is 9.89. The van der Waals surface area contributed by atoms with Gasteiger partial charge in [0.25, 0.3) is 0 Å². The van der Waals surface area contributed by atoms with E-state index in [0.717, 1.165) is 13.1 Å². The highest BCUT2D eigenvalue weighted by Gasteiger charge is 2.37. The molecular weight excluding hydrogens is 186 g/mol. The van der Waals surface area contributed by atoms with Gasteiger partial charge in [0.1, 0.15) is 0 Å². The van der Waals surface area contributed by atoms with Gasteiger partial charge >= 0.3 is 0 Å². The van der Waals surface area contributed by atoms with Gasteiger partial charge in [-0.05, 0) is 31.9 Å². The van der Waals surface area contributed by atoms with E-state index in [4.69, 9.17) is 5.11 Å². The van der Waals surface area contributed by atoms with E-state index in [1.807, 2.05) is 0 Å². The Hall–Kier alpha value is -0.860. The number of benzene rings is 1. The number of nitrogens with zero attached hydrogens (tertiary/aromatic N) is 1. The summed E-state index contributed by atoms with van der Waals surface area (Å²) in [5.74, 6) is 0. The van der Waals surface area contributed by atoms with Crippen molar-refractivity contribution in [3.63, 3.8) is 0 Å². The predicted molar refractivity (Wildman–Crippen MR) is 61.7 cm³/mol. The average molecular weight is 205 g/mol. The van der Waals surface area contributed by atoms with Gasteiger partial charge in [0.15, 0.2) is 0 Å². The molecule has 1 fully saturated rings. The number of β-amino-alcohol motifs (C(OH)–C–C–N with tert-alkyl or cyclic N) is 1. The maximum Gasteiger partial charge on any atom is 0.0558 e. The molecule has 2 nitrogen and oxygen atoms in total. The largest absolute Gasteiger partial charge is 0.395 e. The molecule has 2 heteroatoms. The van der Waals surface area contributed by atoms with Gasteiger partial charge in [0, 0.05) is 12.1 Å². The quantitative estimate of drug-likeness (QED) is 0.815. The van der Waals surface area contributed by atoms with E-state index < -0.39 is 0 Å². The summed E-state index contributed by atoms with van der Waals surface area (Å²) in [6.45, 7) is 4.42. The normalized spacial score (nSPS) is 27.1. The average Bonchev–Trinajstić information content (AvgIpc) is 2.64. The first-order valence-corrected chi connectivity index (χ1v) is 5.69. The number of likely N-dealkylation sites (tertiary alicyclic amines) is 1. The number of hydrogen-bond donors (Lipinski definition) is 1. The van der Waals surface area contributed by atoms with Crippen molar-refractivity contribution in [1.29, 1.82) is 0 Å².